The first-order valence-corrected chi connectivity index (χ1v) is 5.25. The third kappa shape index (κ3) is 3.47. The number of rotatable bonds is 4. The van der Waals surface area contributed by atoms with Gasteiger partial charge in [-0.05, 0) is 20.8 Å². The van der Waals surface area contributed by atoms with Crippen molar-refractivity contribution in [2.45, 2.75) is 45.8 Å². The first-order chi connectivity index (χ1) is 7.00. The molecule has 0 saturated carbocycles. The Bertz CT molecular complexity index is 312. The van der Waals surface area contributed by atoms with Crippen molar-refractivity contribution in [2.75, 3.05) is 0 Å². The van der Waals surface area contributed by atoms with Crippen LogP contribution >= 0.6 is 0 Å². The van der Waals surface area contributed by atoms with Crippen molar-refractivity contribution in [1.29, 1.82) is 0 Å². The van der Waals surface area contributed by atoms with Crippen molar-refractivity contribution in [3.05, 3.63) is 18.1 Å². The van der Waals surface area contributed by atoms with E-state index >= 15 is 0 Å². The summed E-state index contributed by atoms with van der Waals surface area (Å²) in [6, 6.07) is 1.93. The van der Waals surface area contributed by atoms with Gasteiger partial charge >= 0.3 is 0 Å². The fraction of sp³-hybridized carbons (Fsp3) is 0.636. The summed E-state index contributed by atoms with van der Waals surface area (Å²) >= 11 is 0. The van der Waals surface area contributed by atoms with Gasteiger partial charge in [-0.2, -0.15) is 0 Å². The topological polar surface area (TPSA) is 61.0 Å². The van der Waals surface area contributed by atoms with Crippen LogP contribution in [0.3, 0.4) is 0 Å². The third-order valence-electron chi connectivity index (χ3n) is 2.27. The van der Waals surface area contributed by atoms with Crippen LogP contribution < -0.4 is 10.5 Å². The van der Waals surface area contributed by atoms with Crippen LogP contribution in [0.4, 0.5) is 0 Å². The number of hydrogen-bond acceptors (Lipinski definition) is 4. The number of nitrogens with zero attached hydrogens (tertiary/aromatic N) is 2. The SMILES string of the molecule is CC(C)Oc1cc(C(C)C(C)N)ncn1. The molecule has 0 radical (unpaired) electrons. The molecule has 0 fully saturated rings. The predicted molar refractivity (Wildman–Crippen MR) is 59.9 cm³/mol. The molecular weight excluding hydrogens is 190 g/mol. The molecule has 0 aromatic carbocycles. The molecule has 4 heteroatoms. The minimum atomic E-state index is 0.0757. The van der Waals surface area contributed by atoms with Crippen LogP contribution in [-0.4, -0.2) is 22.1 Å². The maximum Gasteiger partial charge on any atom is 0.216 e. The van der Waals surface area contributed by atoms with E-state index in [2.05, 4.69) is 9.97 Å². The molecule has 4 nitrogen and oxygen atoms in total. The molecule has 0 amide bonds. The van der Waals surface area contributed by atoms with Gasteiger partial charge in [0.05, 0.1) is 11.8 Å². The molecule has 1 aromatic heterocycles. The zero-order chi connectivity index (χ0) is 11.4. The molecule has 2 atom stereocenters. The molecule has 1 rings (SSSR count). The van der Waals surface area contributed by atoms with E-state index in [0.29, 0.717) is 5.88 Å². The van der Waals surface area contributed by atoms with Crippen LogP contribution in [0.2, 0.25) is 0 Å². The van der Waals surface area contributed by atoms with E-state index < -0.39 is 0 Å². The normalized spacial score (nSPS) is 15.1. The van der Waals surface area contributed by atoms with E-state index in [0.717, 1.165) is 5.69 Å². The van der Waals surface area contributed by atoms with E-state index in [4.69, 9.17) is 10.5 Å². The zero-order valence-corrected chi connectivity index (χ0v) is 9.77. The lowest BCUT2D eigenvalue weighted by molar-refractivity contribution is 0.231. The van der Waals surface area contributed by atoms with Crippen molar-refractivity contribution in [2.24, 2.45) is 5.73 Å². The van der Waals surface area contributed by atoms with Crippen molar-refractivity contribution in [3.63, 3.8) is 0 Å². The van der Waals surface area contributed by atoms with Crippen LogP contribution in [-0.2, 0) is 0 Å². The van der Waals surface area contributed by atoms with Gasteiger partial charge in [0.1, 0.15) is 6.33 Å². The van der Waals surface area contributed by atoms with E-state index in [9.17, 15) is 0 Å². The lowest BCUT2D eigenvalue weighted by Crippen LogP contribution is -2.23. The molecule has 1 aromatic rings. The second kappa shape index (κ2) is 5.07. The highest BCUT2D eigenvalue weighted by Crippen LogP contribution is 2.18. The van der Waals surface area contributed by atoms with E-state index in [1.807, 2.05) is 33.8 Å². The first-order valence-electron chi connectivity index (χ1n) is 5.25. The summed E-state index contributed by atoms with van der Waals surface area (Å²) < 4.78 is 5.49. The number of ether oxygens (including phenoxy) is 1. The largest absolute Gasteiger partial charge is 0.475 e. The summed E-state index contributed by atoms with van der Waals surface area (Å²) in [6.45, 7) is 7.95. The predicted octanol–water partition coefficient (Wildman–Crippen LogP) is 1.71. The van der Waals surface area contributed by atoms with E-state index in [1.54, 1.807) is 0 Å². The average molecular weight is 209 g/mol. The molecule has 0 saturated heterocycles. The maximum atomic E-state index is 5.82. The van der Waals surface area contributed by atoms with E-state index in [-0.39, 0.29) is 18.1 Å². The van der Waals surface area contributed by atoms with Crippen LogP contribution in [0.15, 0.2) is 12.4 Å². The Morgan fingerprint density at radius 2 is 1.87 bits per heavy atom. The van der Waals surface area contributed by atoms with Gasteiger partial charge < -0.3 is 10.5 Å². The Morgan fingerprint density at radius 1 is 1.20 bits per heavy atom. The molecule has 84 valence electrons. The van der Waals surface area contributed by atoms with Crippen molar-refractivity contribution in [1.82, 2.24) is 9.97 Å². The summed E-state index contributed by atoms with van der Waals surface area (Å²) in [6.07, 6.45) is 1.64. The Balaban J connectivity index is 2.82. The summed E-state index contributed by atoms with van der Waals surface area (Å²) in [5.41, 5.74) is 6.74. The van der Waals surface area contributed by atoms with Gasteiger partial charge in [-0.3, -0.25) is 0 Å². The average Bonchev–Trinajstić information content (AvgIpc) is 2.16. The monoisotopic (exact) mass is 209 g/mol. The lowest BCUT2D eigenvalue weighted by atomic mass is 10.0. The van der Waals surface area contributed by atoms with E-state index in [1.165, 1.54) is 6.33 Å². The molecule has 0 spiro atoms. The molecule has 0 aliphatic rings. The van der Waals surface area contributed by atoms with Gasteiger partial charge in [0.15, 0.2) is 0 Å². The fourth-order valence-electron chi connectivity index (χ4n) is 1.18. The second-order valence-corrected chi connectivity index (χ2v) is 4.10. The molecule has 2 unspecified atom stereocenters. The molecule has 15 heavy (non-hydrogen) atoms. The third-order valence-corrected chi connectivity index (χ3v) is 2.27. The Kier molecular flexibility index (Phi) is 4.03. The molecule has 1 heterocycles. The minimum Gasteiger partial charge on any atom is -0.475 e. The van der Waals surface area contributed by atoms with Gasteiger partial charge in [-0.1, -0.05) is 6.92 Å². The van der Waals surface area contributed by atoms with Crippen molar-refractivity contribution >= 4 is 0 Å². The summed E-state index contributed by atoms with van der Waals surface area (Å²) in [5, 5.41) is 0. The highest BCUT2D eigenvalue weighted by molar-refractivity contribution is 5.17. The Morgan fingerprint density at radius 3 is 2.40 bits per heavy atom. The van der Waals surface area contributed by atoms with Gasteiger partial charge in [0.2, 0.25) is 5.88 Å². The number of aromatic nitrogens is 2. The van der Waals surface area contributed by atoms with Gasteiger partial charge in [-0.25, -0.2) is 9.97 Å². The summed E-state index contributed by atoms with van der Waals surface area (Å²) in [7, 11) is 0. The van der Waals surface area contributed by atoms with Crippen LogP contribution in [0, 0.1) is 0 Å². The molecule has 0 bridgehead atoms. The minimum absolute atomic E-state index is 0.0757. The Labute approximate surface area is 90.9 Å². The fourth-order valence-corrected chi connectivity index (χ4v) is 1.18. The standard InChI is InChI=1S/C11H19N3O/c1-7(2)15-11-5-10(13-6-14-11)8(3)9(4)12/h5-9H,12H2,1-4H3. The van der Waals surface area contributed by atoms with Gasteiger partial charge in [0, 0.05) is 18.0 Å². The molecule has 0 aliphatic carbocycles. The van der Waals surface area contributed by atoms with Crippen molar-refractivity contribution < 1.29 is 4.74 Å². The van der Waals surface area contributed by atoms with Gasteiger partial charge in [0.25, 0.3) is 0 Å². The Hall–Kier alpha value is -1.16. The summed E-state index contributed by atoms with van der Waals surface area (Å²) in [4.78, 5) is 8.24. The van der Waals surface area contributed by atoms with Crippen LogP contribution in [0.1, 0.15) is 39.3 Å². The highest BCUT2D eigenvalue weighted by Gasteiger charge is 2.13. The molecule has 0 aliphatic heterocycles. The molecular formula is C11H19N3O. The zero-order valence-electron chi connectivity index (χ0n) is 9.77. The number of hydrogen-bond donors (Lipinski definition) is 1. The van der Waals surface area contributed by atoms with Gasteiger partial charge in [-0.15, -0.1) is 0 Å². The summed E-state index contributed by atoms with van der Waals surface area (Å²) in [5.74, 6) is 0.824. The van der Waals surface area contributed by atoms with Crippen LogP contribution in [0.25, 0.3) is 0 Å². The van der Waals surface area contributed by atoms with Crippen molar-refractivity contribution in [3.8, 4) is 5.88 Å². The maximum absolute atomic E-state index is 5.82. The molecule has 2 N–H and O–H groups in total. The quantitative estimate of drug-likeness (QED) is 0.820. The van der Waals surface area contributed by atoms with Crippen LogP contribution in [0.5, 0.6) is 5.88 Å². The smallest absolute Gasteiger partial charge is 0.216 e. The lowest BCUT2D eigenvalue weighted by Gasteiger charge is -2.15. The number of nitrogens with two attached hydrogens (primary N) is 1. The first kappa shape index (κ1) is 11.9. The second-order valence-electron chi connectivity index (χ2n) is 4.10. The highest BCUT2D eigenvalue weighted by atomic mass is 16.5.